The molecule has 6 nitrogen and oxygen atoms in total. The maximum Gasteiger partial charge on any atom is 0.241 e. The number of amides is 2. The number of hydrogen-bond donors (Lipinski definition) is 1. The lowest BCUT2D eigenvalue weighted by atomic mass is 9.92. The number of anilines is 1. The summed E-state index contributed by atoms with van der Waals surface area (Å²) in [5.41, 5.74) is 0.827. The molecule has 28 heavy (non-hydrogen) atoms. The van der Waals surface area contributed by atoms with Gasteiger partial charge >= 0.3 is 0 Å². The van der Waals surface area contributed by atoms with Crippen molar-refractivity contribution in [3.8, 4) is 0 Å². The van der Waals surface area contributed by atoms with Crippen molar-refractivity contribution >= 4 is 17.5 Å². The lowest BCUT2D eigenvalue weighted by molar-refractivity contribution is -0.136. The van der Waals surface area contributed by atoms with E-state index in [9.17, 15) is 9.59 Å². The van der Waals surface area contributed by atoms with Crippen molar-refractivity contribution in [1.82, 2.24) is 14.7 Å². The van der Waals surface area contributed by atoms with Crippen LogP contribution in [0.3, 0.4) is 0 Å². The summed E-state index contributed by atoms with van der Waals surface area (Å²) in [6.07, 6.45) is 1.21. The fraction of sp³-hybridized carbons (Fsp3) is 0.636. The van der Waals surface area contributed by atoms with Crippen molar-refractivity contribution in [2.24, 2.45) is 11.8 Å². The Morgan fingerprint density at radius 3 is 2.25 bits per heavy atom. The first kappa shape index (κ1) is 20.8. The molecule has 2 amide bonds. The van der Waals surface area contributed by atoms with E-state index in [1.807, 2.05) is 42.2 Å². The van der Waals surface area contributed by atoms with Gasteiger partial charge in [0, 0.05) is 45.0 Å². The number of likely N-dealkylation sites (tertiary alicyclic amines) is 1. The minimum Gasteiger partial charge on any atom is -0.341 e. The molecule has 1 N–H and O–H groups in total. The average molecular weight is 387 g/mol. The summed E-state index contributed by atoms with van der Waals surface area (Å²) in [5.74, 6) is 1.45. The van der Waals surface area contributed by atoms with Crippen LogP contribution in [0.25, 0.3) is 0 Å². The smallest absolute Gasteiger partial charge is 0.241 e. The van der Waals surface area contributed by atoms with Gasteiger partial charge in [-0.3, -0.25) is 19.4 Å². The molecule has 3 atom stereocenters. The number of nitrogens with zero attached hydrogens (tertiary/aromatic N) is 3. The third kappa shape index (κ3) is 5.55. The first-order valence-electron chi connectivity index (χ1n) is 10.5. The molecule has 6 heteroatoms. The standard InChI is InChI=1S/C22H34N4O2/c1-17-13-18(2)15-26(14-17)21(27)16-24-9-11-25(12-10-24)19(3)22(28)23-20-7-5-4-6-8-20/h4-8,17-19H,9-16H2,1-3H3,(H,23,28)/t17-,18+,19-/m0/s1. The highest BCUT2D eigenvalue weighted by Gasteiger charge is 2.29. The van der Waals surface area contributed by atoms with Gasteiger partial charge in [0.05, 0.1) is 12.6 Å². The molecule has 0 spiro atoms. The van der Waals surface area contributed by atoms with Gasteiger partial charge in [-0.1, -0.05) is 32.0 Å². The molecule has 0 radical (unpaired) electrons. The molecular weight excluding hydrogens is 352 g/mol. The molecule has 1 aromatic rings. The van der Waals surface area contributed by atoms with Crippen LogP contribution in [0.4, 0.5) is 5.69 Å². The van der Waals surface area contributed by atoms with Crippen molar-refractivity contribution in [3.63, 3.8) is 0 Å². The molecule has 1 aromatic carbocycles. The molecule has 0 aliphatic carbocycles. The fourth-order valence-corrected chi connectivity index (χ4v) is 4.40. The van der Waals surface area contributed by atoms with E-state index >= 15 is 0 Å². The number of hydrogen-bond acceptors (Lipinski definition) is 4. The Kier molecular flexibility index (Phi) is 7.08. The SMILES string of the molecule is C[C@@H]1C[C@H](C)CN(C(=O)CN2CCN([C@@H](C)C(=O)Nc3ccccc3)CC2)C1. The molecule has 0 aromatic heterocycles. The first-order valence-corrected chi connectivity index (χ1v) is 10.5. The second kappa shape index (κ2) is 9.52. The predicted molar refractivity (Wildman–Crippen MR) is 112 cm³/mol. The first-order chi connectivity index (χ1) is 13.4. The minimum absolute atomic E-state index is 0.0204. The van der Waals surface area contributed by atoms with Gasteiger partial charge < -0.3 is 10.2 Å². The van der Waals surface area contributed by atoms with Gasteiger partial charge in [0.15, 0.2) is 0 Å². The van der Waals surface area contributed by atoms with Crippen LogP contribution in [0.1, 0.15) is 27.2 Å². The van der Waals surface area contributed by atoms with Gasteiger partial charge in [-0.05, 0) is 37.3 Å². The zero-order chi connectivity index (χ0) is 20.1. The van der Waals surface area contributed by atoms with Crippen molar-refractivity contribution in [2.75, 3.05) is 51.1 Å². The predicted octanol–water partition coefficient (Wildman–Crippen LogP) is 2.14. The highest BCUT2D eigenvalue weighted by Crippen LogP contribution is 2.21. The average Bonchev–Trinajstić information content (AvgIpc) is 2.68. The number of carbonyl (C=O) groups is 2. The van der Waals surface area contributed by atoms with Gasteiger partial charge in [0.25, 0.3) is 0 Å². The van der Waals surface area contributed by atoms with E-state index in [1.165, 1.54) is 6.42 Å². The number of rotatable bonds is 5. The Balaban J connectivity index is 1.43. The normalized spacial score (nSPS) is 25.3. The summed E-state index contributed by atoms with van der Waals surface area (Å²) in [6, 6.07) is 9.39. The van der Waals surface area contributed by atoms with Gasteiger partial charge in [0.2, 0.25) is 11.8 Å². The highest BCUT2D eigenvalue weighted by molar-refractivity contribution is 5.94. The van der Waals surface area contributed by atoms with E-state index in [1.54, 1.807) is 0 Å². The van der Waals surface area contributed by atoms with Crippen LogP contribution in [-0.2, 0) is 9.59 Å². The van der Waals surface area contributed by atoms with Crippen LogP contribution in [0.2, 0.25) is 0 Å². The summed E-state index contributed by atoms with van der Waals surface area (Å²) in [4.78, 5) is 31.7. The third-order valence-electron chi connectivity index (χ3n) is 5.96. The van der Waals surface area contributed by atoms with Gasteiger partial charge in [0.1, 0.15) is 0 Å². The van der Waals surface area contributed by atoms with Crippen LogP contribution in [0, 0.1) is 11.8 Å². The monoisotopic (exact) mass is 386 g/mol. The van der Waals surface area contributed by atoms with E-state index < -0.39 is 0 Å². The number of para-hydroxylation sites is 1. The number of piperidine rings is 1. The van der Waals surface area contributed by atoms with E-state index in [-0.39, 0.29) is 17.9 Å². The maximum atomic E-state index is 12.7. The summed E-state index contributed by atoms with van der Waals surface area (Å²) in [5, 5.41) is 2.98. The number of nitrogens with one attached hydrogen (secondary N) is 1. The quantitative estimate of drug-likeness (QED) is 0.842. The highest BCUT2D eigenvalue weighted by atomic mass is 16.2. The molecule has 2 fully saturated rings. The molecule has 2 heterocycles. The van der Waals surface area contributed by atoms with Crippen LogP contribution >= 0.6 is 0 Å². The summed E-state index contributed by atoms with van der Waals surface area (Å²) in [6.45, 7) is 12.0. The van der Waals surface area contributed by atoms with Crippen molar-refractivity contribution in [1.29, 1.82) is 0 Å². The molecule has 3 rings (SSSR count). The summed E-state index contributed by atoms with van der Waals surface area (Å²) >= 11 is 0. The molecule has 2 aliphatic heterocycles. The van der Waals surface area contributed by atoms with Gasteiger partial charge in [-0.2, -0.15) is 0 Å². The Labute approximate surface area is 168 Å². The third-order valence-corrected chi connectivity index (χ3v) is 5.96. The van der Waals surface area contributed by atoms with Crippen molar-refractivity contribution < 1.29 is 9.59 Å². The van der Waals surface area contributed by atoms with Crippen LogP contribution in [0.5, 0.6) is 0 Å². The zero-order valence-corrected chi connectivity index (χ0v) is 17.4. The Hall–Kier alpha value is -1.92. The minimum atomic E-state index is -0.179. The van der Waals surface area contributed by atoms with Gasteiger partial charge in [-0.15, -0.1) is 0 Å². The molecule has 154 valence electrons. The largest absolute Gasteiger partial charge is 0.341 e. The van der Waals surface area contributed by atoms with E-state index in [2.05, 4.69) is 29.0 Å². The lowest BCUT2D eigenvalue weighted by Gasteiger charge is -2.39. The molecule has 0 bridgehead atoms. The number of benzene rings is 1. The van der Waals surface area contributed by atoms with Gasteiger partial charge in [-0.25, -0.2) is 0 Å². The maximum absolute atomic E-state index is 12.7. The van der Waals surface area contributed by atoms with Crippen LogP contribution in [-0.4, -0.2) is 78.4 Å². The van der Waals surface area contributed by atoms with E-state index in [0.29, 0.717) is 18.4 Å². The van der Waals surface area contributed by atoms with E-state index in [4.69, 9.17) is 0 Å². The summed E-state index contributed by atoms with van der Waals surface area (Å²) < 4.78 is 0. The number of carbonyl (C=O) groups excluding carboxylic acids is 2. The van der Waals surface area contributed by atoms with Crippen LogP contribution < -0.4 is 5.32 Å². The molecule has 0 unspecified atom stereocenters. The second-order valence-electron chi connectivity index (χ2n) is 8.59. The van der Waals surface area contributed by atoms with Crippen molar-refractivity contribution in [2.45, 2.75) is 33.2 Å². The Morgan fingerprint density at radius 1 is 1.04 bits per heavy atom. The number of piperazine rings is 1. The second-order valence-corrected chi connectivity index (χ2v) is 8.59. The van der Waals surface area contributed by atoms with E-state index in [0.717, 1.165) is 45.0 Å². The van der Waals surface area contributed by atoms with Crippen molar-refractivity contribution in [3.05, 3.63) is 30.3 Å². The zero-order valence-electron chi connectivity index (χ0n) is 17.4. The molecular formula is C22H34N4O2. The lowest BCUT2D eigenvalue weighted by Crippen LogP contribution is -2.55. The Morgan fingerprint density at radius 2 is 1.64 bits per heavy atom. The Bertz CT molecular complexity index is 648. The summed E-state index contributed by atoms with van der Waals surface area (Å²) in [7, 11) is 0. The molecule has 2 aliphatic rings. The topological polar surface area (TPSA) is 55.9 Å². The molecule has 0 saturated carbocycles. The van der Waals surface area contributed by atoms with Crippen LogP contribution in [0.15, 0.2) is 30.3 Å². The molecule has 2 saturated heterocycles. The fourth-order valence-electron chi connectivity index (χ4n) is 4.40.